The summed E-state index contributed by atoms with van der Waals surface area (Å²) in [6, 6.07) is 5.10. The van der Waals surface area contributed by atoms with Gasteiger partial charge in [-0.3, -0.25) is 14.3 Å². The van der Waals surface area contributed by atoms with Gasteiger partial charge in [-0.1, -0.05) is 0 Å². The molecule has 1 saturated heterocycles. The summed E-state index contributed by atoms with van der Waals surface area (Å²) >= 11 is 0. The van der Waals surface area contributed by atoms with Gasteiger partial charge < -0.3 is 19.9 Å². The Hall–Kier alpha value is -3.83. The minimum Gasteiger partial charge on any atom is -0.487 e. The number of hydrogen-bond acceptors (Lipinski definition) is 5. The van der Waals surface area contributed by atoms with Gasteiger partial charge in [0.05, 0.1) is 30.5 Å². The average Bonchev–Trinajstić information content (AvgIpc) is 3.07. The van der Waals surface area contributed by atoms with Crippen LogP contribution in [-0.4, -0.2) is 39.9 Å². The van der Waals surface area contributed by atoms with Crippen LogP contribution in [0.15, 0.2) is 47.5 Å². The summed E-state index contributed by atoms with van der Waals surface area (Å²) < 4.78 is 59.1. The number of amides is 1. The lowest BCUT2D eigenvalue weighted by molar-refractivity contribution is -0.137. The molecule has 1 aromatic carbocycles. The first-order valence-corrected chi connectivity index (χ1v) is 9.42. The van der Waals surface area contributed by atoms with Crippen LogP contribution in [0.1, 0.15) is 15.9 Å². The number of rotatable bonds is 5. The zero-order valence-corrected chi connectivity index (χ0v) is 16.6. The van der Waals surface area contributed by atoms with Crippen molar-refractivity contribution in [2.75, 3.05) is 23.3 Å². The summed E-state index contributed by atoms with van der Waals surface area (Å²) in [6.07, 6.45) is -2.38. The number of aromatic amines is 1. The van der Waals surface area contributed by atoms with Crippen LogP contribution < -0.4 is 20.5 Å². The number of aromatic nitrogens is 3. The number of alkyl halides is 3. The Morgan fingerprint density at radius 2 is 2.00 bits per heavy atom. The predicted molar refractivity (Wildman–Crippen MR) is 106 cm³/mol. The maximum atomic E-state index is 13.6. The topological polar surface area (TPSA) is 92.2 Å². The second-order valence-electron chi connectivity index (χ2n) is 7.18. The van der Waals surface area contributed by atoms with Crippen LogP contribution >= 0.6 is 0 Å². The Kier molecular flexibility index (Phi) is 5.36. The Balaban J connectivity index is 1.48. The molecule has 8 nitrogen and oxygen atoms in total. The lowest BCUT2D eigenvalue weighted by Gasteiger charge is -2.41. The summed E-state index contributed by atoms with van der Waals surface area (Å²) in [6.45, 7) is 0.376. The second-order valence-corrected chi connectivity index (χ2v) is 7.18. The number of H-pyrrole nitrogens is 1. The lowest BCUT2D eigenvalue weighted by atomic mass is 10.1. The molecule has 1 amide bonds. The molecule has 1 aliphatic heterocycles. The lowest BCUT2D eigenvalue weighted by Crippen LogP contribution is -2.55. The van der Waals surface area contributed by atoms with Crippen molar-refractivity contribution in [3.05, 3.63) is 70.0 Å². The molecule has 32 heavy (non-hydrogen) atoms. The van der Waals surface area contributed by atoms with Gasteiger partial charge in [0.25, 0.3) is 11.5 Å². The fourth-order valence-corrected chi connectivity index (χ4v) is 3.32. The van der Waals surface area contributed by atoms with Gasteiger partial charge in [-0.05, 0) is 18.2 Å². The van der Waals surface area contributed by atoms with E-state index in [-0.39, 0.29) is 24.4 Å². The molecule has 1 aliphatic rings. The quantitative estimate of drug-likeness (QED) is 0.582. The van der Waals surface area contributed by atoms with Crippen molar-refractivity contribution < 1.29 is 27.1 Å². The monoisotopic (exact) mass is 451 g/mol. The molecule has 12 heteroatoms. The van der Waals surface area contributed by atoms with Crippen LogP contribution in [0.4, 0.5) is 29.1 Å². The largest absolute Gasteiger partial charge is 0.487 e. The van der Waals surface area contributed by atoms with E-state index >= 15 is 0 Å². The number of hydrogen-bond donors (Lipinski definition) is 2. The molecule has 168 valence electrons. The van der Waals surface area contributed by atoms with Gasteiger partial charge in [-0.2, -0.15) is 18.3 Å². The van der Waals surface area contributed by atoms with E-state index in [9.17, 15) is 27.2 Å². The minimum atomic E-state index is -4.70. The van der Waals surface area contributed by atoms with Crippen molar-refractivity contribution in [3.63, 3.8) is 0 Å². The third-order valence-electron chi connectivity index (χ3n) is 4.92. The van der Waals surface area contributed by atoms with Crippen LogP contribution in [0.25, 0.3) is 0 Å². The molecule has 2 N–H and O–H groups in total. The van der Waals surface area contributed by atoms with Crippen molar-refractivity contribution in [1.82, 2.24) is 14.8 Å². The highest BCUT2D eigenvalue weighted by Gasteiger charge is 2.34. The highest BCUT2D eigenvalue weighted by Crippen LogP contribution is 2.33. The summed E-state index contributed by atoms with van der Waals surface area (Å²) in [5.74, 6) is -1.56. The fourth-order valence-electron chi connectivity index (χ4n) is 3.32. The van der Waals surface area contributed by atoms with E-state index in [1.54, 1.807) is 24.1 Å². The number of aryl methyl sites for hydroxylation is 1. The summed E-state index contributed by atoms with van der Waals surface area (Å²) in [5.41, 5.74) is -1.54. The van der Waals surface area contributed by atoms with Crippen LogP contribution in [0, 0.1) is 5.82 Å². The van der Waals surface area contributed by atoms with Crippen LogP contribution in [0.3, 0.4) is 0 Å². The van der Waals surface area contributed by atoms with Crippen LogP contribution in [0.5, 0.6) is 5.75 Å². The van der Waals surface area contributed by atoms with Crippen molar-refractivity contribution >= 4 is 17.4 Å². The number of nitrogens with one attached hydrogen (secondary N) is 2. The molecule has 0 bridgehead atoms. The molecule has 3 aromatic rings. The molecule has 0 aliphatic carbocycles. The maximum Gasteiger partial charge on any atom is 0.416 e. The van der Waals surface area contributed by atoms with Crippen molar-refractivity contribution in [2.24, 2.45) is 7.05 Å². The number of carbonyl (C=O) groups is 1. The van der Waals surface area contributed by atoms with E-state index in [0.29, 0.717) is 17.6 Å². The normalized spacial score (nSPS) is 14.2. The zero-order chi connectivity index (χ0) is 23.0. The van der Waals surface area contributed by atoms with E-state index in [4.69, 9.17) is 4.74 Å². The number of ether oxygens (including phenoxy) is 1. The molecule has 0 radical (unpaired) electrons. The molecule has 1 fully saturated rings. The standard InChI is InChI=1S/C20H17F4N5O3/c1-28-16(3-5-26-28)27-19(31)17-15(2-4-25-18(17)30)29-9-14(10-29)32-13-7-11(20(22,23)24)6-12(21)8-13/h2-8,14H,9-10H2,1H3,(H,25,30)(H,27,31). The van der Waals surface area contributed by atoms with Gasteiger partial charge in [0, 0.05) is 25.4 Å². The number of pyridine rings is 1. The maximum absolute atomic E-state index is 13.6. The minimum absolute atomic E-state index is 0.128. The van der Waals surface area contributed by atoms with Gasteiger partial charge in [0.2, 0.25) is 0 Å². The average molecular weight is 451 g/mol. The summed E-state index contributed by atoms with van der Waals surface area (Å²) in [5, 5.41) is 6.54. The molecule has 0 spiro atoms. The van der Waals surface area contributed by atoms with Crippen molar-refractivity contribution in [2.45, 2.75) is 12.3 Å². The highest BCUT2D eigenvalue weighted by atomic mass is 19.4. The third-order valence-corrected chi connectivity index (χ3v) is 4.92. The van der Waals surface area contributed by atoms with Crippen molar-refractivity contribution in [1.29, 1.82) is 0 Å². The van der Waals surface area contributed by atoms with Gasteiger partial charge in [-0.25, -0.2) is 4.39 Å². The first kappa shape index (κ1) is 21.4. The SMILES string of the molecule is Cn1nccc1NC(=O)c1c(N2CC(Oc3cc(F)cc(C(F)(F)F)c3)C2)cc[nH]c1=O. The molecule has 2 aromatic heterocycles. The smallest absolute Gasteiger partial charge is 0.416 e. The second kappa shape index (κ2) is 8.02. The Morgan fingerprint density at radius 3 is 2.66 bits per heavy atom. The number of halogens is 4. The molecular weight excluding hydrogens is 434 g/mol. The Labute approximate surface area is 178 Å². The fraction of sp³-hybridized carbons (Fsp3) is 0.250. The first-order chi connectivity index (χ1) is 15.1. The summed E-state index contributed by atoms with van der Waals surface area (Å²) in [4.78, 5) is 29.2. The molecular formula is C20H17F4N5O3. The van der Waals surface area contributed by atoms with Crippen molar-refractivity contribution in [3.8, 4) is 5.75 Å². The van der Waals surface area contributed by atoms with E-state index in [0.717, 1.165) is 12.1 Å². The highest BCUT2D eigenvalue weighted by molar-refractivity contribution is 6.07. The molecule has 0 unspecified atom stereocenters. The van der Waals surface area contributed by atoms with Gasteiger partial charge >= 0.3 is 6.18 Å². The summed E-state index contributed by atoms with van der Waals surface area (Å²) in [7, 11) is 1.62. The number of anilines is 2. The Bertz CT molecular complexity index is 1210. The van der Waals surface area contributed by atoms with E-state index in [2.05, 4.69) is 15.4 Å². The predicted octanol–water partition coefficient (Wildman–Crippen LogP) is 2.79. The number of benzene rings is 1. The van der Waals surface area contributed by atoms with Gasteiger partial charge in [0.1, 0.15) is 29.1 Å². The third kappa shape index (κ3) is 4.29. The van der Waals surface area contributed by atoms with Gasteiger partial charge in [-0.15, -0.1) is 0 Å². The first-order valence-electron chi connectivity index (χ1n) is 9.42. The van der Waals surface area contributed by atoms with Crippen LogP contribution in [0.2, 0.25) is 0 Å². The van der Waals surface area contributed by atoms with Gasteiger partial charge in [0.15, 0.2) is 0 Å². The Morgan fingerprint density at radius 1 is 1.25 bits per heavy atom. The molecule has 0 saturated carbocycles. The number of nitrogens with zero attached hydrogens (tertiary/aromatic N) is 3. The number of carbonyl (C=O) groups excluding carboxylic acids is 1. The molecule has 0 atom stereocenters. The van der Waals surface area contributed by atoms with E-state index in [1.807, 2.05) is 0 Å². The van der Waals surface area contributed by atoms with E-state index in [1.165, 1.54) is 17.1 Å². The molecule has 3 heterocycles. The van der Waals surface area contributed by atoms with E-state index < -0.39 is 35.1 Å². The zero-order valence-electron chi connectivity index (χ0n) is 16.6. The molecule has 4 rings (SSSR count). The van der Waals surface area contributed by atoms with Crippen LogP contribution in [-0.2, 0) is 13.2 Å².